The summed E-state index contributed by atoms with van der Waals surface area (Å²) in [6.45, 7) is 0.134. The fraction of sp³-hybridized carbons (Fsp3) is 0.375. The van der Waals surface area contributed by atoms with Crippen molar-refractivity contribution in [1.82, 2.24) is 10.6 Å². The van der Waals surface area contributed by atoms with Crippen LogP contribution in [-0.4, -0.2) is 36.1 Å². The minimum atomic E-state index is -0.212. The molecule has 1 aromatic carbocycles. The maximum absolute atomic E-state index is 11.9. The van der Waals surface area contributed by atoms with Crippen molar-refractivity contribution < 1.29 is 14.7 Å². The van der Waals surface area contributed by atoms with Crippen LogP contribution in [0, 0.1) is 11.8 Å². The van der Waals surface area contributed by atoms with Crippen LogP contribution >= 0.6 is 0 Å². The van der Waals surface area contributed by atoms with Gasteiger partial charge in [-0.15, -0.1) is 0 Å². The van der Waals surface area contributed by atoms with Crippen LogP contribution in [0.15, 0.2) is 24.3 Å². The maximum Gasteiger partial charge on any atom is 0.251 e. The maximum atomic E-state index is 11.9. The molecule has 0 unspecified atom stereocenters. The second kappa shape index (κ2) is 7.46. The van der Waals surface area contributed by atoms with E-state index >= 15 is 0 Å². The van der Waals surface area contributed by atoms with E-state index in [0.29, 0.717) is 24.6 Å². The number of carbonyl (C=O) groups is 2. The van der Waals surface area contributed by atoms with E-state index in [1.54, 1.807) is 24.3 Å². The number of carbonyl (C=O) groups excluding carboxylic acids is 2. The second-order valence-corrected chi connectivity index (χ2v) is 4.88. The van der Waals surface area contributed by atoms with Gasteiger partial charge in [0, 0.05) is 30.1 Å². The molecule has 1 fully saturated rings. The third kappa shape index (κ3) is 5.28. The van der Waals surface area contributed by atoms with Gasteiger partial charge in [0.2, 0.25) is 5.91 Å². The van der Waals surface area contributed by atoms with Crippen molar-refractivity contribution in [3.8, 4) is 11.8 Å². The zero-order valence-corrected chi connectivity index (χ0v) is 11.7. The molecule has 0 radical (unpaired) electrons. The Morgan fingerprint density at radius 1 is 1.24 bits per heavy atom. The van der Waals surface area contributed by atoms with Gasteiger partial charge in [0.1, 0.15) is 6.61 Å². The van der Waals surface area contributed by atoms with E-state index in [0.717, 1.165) is 18.4 Å². The van der Waals surface area contributed by atoms with Crippen molar-refractivity contribution in [2.24, 2.45) is 0 Å². The molecule has 2 amide bonds. The first-order valence-electron chi connectivity index (χ1n) is 6.96. The summed E-state index contributed by atoms with van der Waals surface area (Å²) in [7, 11) is 0. The fourth-order valence-electron chi connectivity index (χ4n) is 1.77. The average Bonchev–Trinajstić information content (AvgIpc) is 3.29. The molecule has 0 spiro atoms. The van der Waals surface area contributed by atoms with Gasteiger partial charge in [-0.25, -0.2) is 0 Å². The van der Waals surface area contributed by atoms with Crippen LogP contribution in [-0.2, 0) is 4.79 Å². The number of aliphatic hydroxyl groups is 1. The topological polar surface area (TPSA) is 78.4 Å². The van der Waals surface area contributed by atoms with Crippen molar-refractivity contribution in [3.05, 3.63) is 35.4 Å². The van der Waals surface area contributed by atoms with E-state index in [2.05, 4.69) is 22.5 Å². The number of nitrogens with one attached hydrogen (secondary N) is 2. The van der Waals surface area contributed by atoms with Crippen molar-refractivity contribution in [2.75, 3.05) is 13.2 Å². The molecule has 1 aromatic rings. The number of benzene rings is 1. The van der Waals surface area contributed by atoms with E-state index < -0.39 is 0 Å². The van der Waals surface area contributed by atoms with Gasteiger partial charge in [-0.3, -0.25) is 9.59 Å². The van der Waals surface area contributed by atoms with Gasteiger partial charge in [0.25, 0.3) is 5.91 Å². The Kier molecular flexibility index (Phi) is 5.35. The molecule has 0 atom stereocenters. The molecule has 5 heteroatoms. The Morgan fingerprint density at radius 2 is 1.95 bits per heavy atom. The van der Waals surface area contributed by atoms with E-state index in [-0.39, 0.29) is 18.4 Å². The van der Waals surface area contributed by atoms with Crippen LogP contribution in [0.4, 0.5) is 0 Å². The van der Waals surface area contributed by atoms with E-state index in [1.165, 1.54) is 0 Å². The number of hydrogen-bond acceptors (Lipinski definition) is 3. The van der Waals surface area contributed by atoms with Gasteiger partial charge in [0.05, 0.1) is 0 Å². The summed E-state index contributed by atoms with van der Waals surface area (Å²) in [6, 6.07) is 7.12. The highest BCUT2D eigenvalue weighted by Crippen LogP contribution is 2.18. The van der Waals surface area contributed by atoms with Crippen LogP contribution in [0.1, 0.15) is 35.2 Å². The van der Waals surface area contributed by atoms with E-state index in [9.17, 15) is 9.59 Å². The Morgan fingerprint density at radius 3 is 2.57 bits per heavy atom. The summed E-state index contributed by atoms with van der Waals surface area (Å²) in [6.07, 6.45) is 2.41. The SMILES string of the molecule is O=C(CCNC(=O)c1ccc(C#CCO)cc1)NC1CC1. The number of aliphatic hydroxyl groups excluding tert-OH is 1. The second-order valence-electron chi connectivity index (χ2n) is 4.88. The van der Waals surface area contributed by atoms with Gasteiger partial charge in [-0.1, -0.05) is 11.8 Å². The largest absolute Gasteiger partial charge is 0.384 e. The molecule has 1 aliphatic carbocycles. The summed E-state index contributed by atoms with van der Waals surface area (Å²) >= 11 is 0. The highest BCUT2D eigenvalue weighted by Gasteiger charge is 2.22. The Hall–Kier alpha value is -2.32. The lowest BCUT2D eigenvalue weighted by Gasteiger charge is -2.06. The van der Waals surface area contributed by atoms with Gasteiger partial charge in [0.15, 0.2) is 0 Å². The van der Waals surface area contributed by atoms with Crippen LogP contribution in [0.25, 0.3) is 0 Å². The summed E-state index contributed by atoms with van der Waals surface area (Å²) in [5.74, 6) is 5.07. The van der Waals surface area contributed by atoms with E-state index in [4.69, 9.17) is 5.11 Å². The lowest BCUT2D eigenvalue weighted by molar-refractivity contribution is -0.121. The first-order chi connectivity index (χ1) is 10.2. The summed E-state index contributed by atoms with van der Waals surface area (Å²) in [5.41, 5.74) is 1.26. The first kappa shape index (κ1) is 15.1. The predicted molar refractivity (Wildman–Crippen MR) is 78.5 cm³/mol. The minimum Gasteiger partial charge on any atom is -0.384 e. The normalized spacial score (nSPS) is 13.0. The number of hydrogen-bond donors (Lipinski definition) is 3. The third-order valence-corrected chi connectivity index (χ3v) is 3.04. The molecule has 0 bridgehead atoms. The molecule has 0 aromatic heterocycles. The molecular formula is C16H18N2O3. The molecule has 1 saturated carbocycles. The quantitative estimate of drug-likeness (QED) is 0.687. The van der Waals surface area contributed by atoms with Crippen LogP contribution in [0.2, 0.25) is 0 Å². The zero-order valence-electron chi connectivity index (χ0n) is 11.7. The molecule has 1 aliphatic rings. The number of rotatable bonds is 5. The highest BCUT2D eigenvalue weighted by molar-refractivity contribution is 5.94. The lowest BCUT2D eigenvalue weighted by Crippen LogP contribution is -2.31. The molecule has 0 heterocycles. The molecule has 0 aliphatic heterocycles. The summed E-state index contributed by atoms with van der Waals surface area (Å²) in [5, 5.41) is 14.2. The van der Waals surface area contributed by atoms with Crippen molar-refractivity contribution in [3.63, 3.8) is 0 Å². The third-order valence-electron chi connectivity index (χ3n) is 3.04. The van der Waals surface area contributed by atoms with Crippen molar-refractivity contribution >= 4 is 11.8 Å². The Bertz CT molecular complexity index is 565. The predicted octanol–water partition coefficient (Wildman–Crippen LogP) is 0.429. The van der Waals surface area contributed by atoms with Gasteiger partial charge in [-0.2, -0.15) is 0 Å². The van der Waals surface area contributed by atoms with Crippen LogP contribution in [0.5, 0.6) is 0 Å². The van der Waals surface area contributed by atoms with Crippen LogP contribution < -0.4 is 10.6 Å². The first-order valence-corrected chi connectivity index (χ1v) is 6.96. The highest BCUT2D eigenvalue weighted by atomic mass is 16.2. The minimum absolute atomic E-state index is 0.0209. The fourth-order valence-corrected chi connectivity index (χ4v) is 1.77. The van der Waals surface area contributed by atoms with Gasteiger partial charge < -0.3 is 15.7 Å². The Labute approximate surface area is 123 Å². The summed E-state index contributed by atoms with van der Waals surface area (Å²) < 4.78 is 0. The molecule has 2 rings (SSSR count). The van der Waals surface area contributed by atoms with Crippen molar-refractivity contribution in [2.45, 2.75) is 25.3 Å². The van der Waals surface area contributed by atoms with Crippen molar-refractivity contribution in [1.29, 1.82) is 0 Å². The van der Waals surface area contributed by atoms with Gasteiger partial charge in [-0.05, 0) is 37.1 Å². The molecule has 0 saturated heterocycles. The van der Waals surface area contributed by atoms with Gasteiger partial charge >= 0.3 is 0 Å². The van der Waals surface area contributed by atoms with Crippen LogP contribution in [0.3, 0.4) is 0 Å². The molecule has 110 valence electrons. The monoisotopic (exact) mass is 286 g/mol. The summed E-state index contributed by atoms with van der Waals surface area (Å²) in [4.78, 5) is 23.3. The molecule has 5 nitrogen and oxygen atoms in total. The molecule has 3 N–H and O–H groups in total. The lowest BCUT2D eigenvalue weighted by atomic mass is 10.1. The molecule has 21 heavy (non-hydrogen) atoms. The molecular weight excluding hydrogens is 268 g/mol. The number of amides is 2. The zero-order chi connectivity index (χ0) is 15.1. The smallest absolute Gasteiger partial charge is 0.251 e. The van der Waals surface area contributed by atoms with E-state index in [1.807, 2.05) is 0 Å². The average molecular weight is 286 g/mol. The standard InChI is InChI=1S/C16H18N2O3/c19-11-1-2-12-3-5-13(6-4-12)16(21)17-10-9-15(20)18-14-7-8-14/h3-6,14,19H,7-11H2,(H,17,21)(H,18,20). The Balaban J connectivity index is 1.75.